The summed E-state index contributed by atoms with van der Waals surface area (Å²) in [4.78, 5) is 16.4. The molecule has 2 aliphatic rings. The molecule has 0 bridgehead atoms. The fourth-order valence-corrected chi connectivity index (χ4v) is 3.16. The number of piperazine rings is 1. The molecule has 2 fully saturated rings. The zero-order valence-corrected chi connectivity index (χ0v) is 12.2. The van der Waals surface area contributed by atoms with Gasteiger partial charge in [-0.25, -0.2) is 4.39 Å². The van der Waals surface area contributed by atoms with Gasteiger partial charge in [-0.1, -0.05) is 18.6 Å². The van der Waals surface area contributed by atoms with Crippen molar-refractivity contribution in [1.29, 1.82) is 0 Å². The number of nitrogens with one attached hydrogen (secondary N) is 1. The first-order chi connectivity index (χ1) is 10.3. The maximum atomic E-state index is 13.8. The molecule has 114 valence electrons. The number of carbonyl (C=O) groups excluding carboxylic acids is 1. The highest BCUT2D eigenvalue weighted by Gasteiger charge is 2.28. The van der Waals surface area contributed by atoms with E-state index >= 15 is 0 Å². The number of para-hydroxylation sites is 1. The highest BCUT2D eigenvalue weighted by atomic mass is 19.1. The average Bonchev–Trinajstić information content (AvgIpc) is 2.56. The number of anilines is 1. The van der Waals surface area contributed by atoms with Crippen LogP contribution in [0.4, 0.5) is 10.1 Å². The van der Waals surface area contributed by atoms with E-state index in [4.69, 9.17) is 0 Å². The Morgan fingerprint density at radius 3 is 2.57 bits per heavy atom. The fraction of sp³-hybridized carbons (Fsp3) is 0.562. The Morgan fingerprint density at radius 2 is 1.90 bits per heavy atom. The lowest BCUT2D eigenvalue weighted by Gasteiger charge is -2.38. The van der Waals surface area contributed by atoms with Crippen LogP contribution < -0.4 is 10.2 Å². The van der Waals surface area contributed by atoms with Gasteiger partial charge in [0, 0.05) is 26.2 Å². The first kappa shape index (κ1) is 14.3. The molecule has 4 nitrogen and oxygen atoms in total. The van der Waals surface area contributed by atoms with Crippen LogP contribution in [0.15, 0.2) is 24.3 Å². The van der Waals surface area contributed by atoms with Crippen LogP contribution >= 0.6 is 0 Å². The second kappa shape index (κ2) is 6.43. The molecule has 0 aliphatic carbocycles. The van der Waals surface area contributed by atoms with Gasteiger partial charge in [0.05, 0.1) is 11.7 Å². The molecule has 3 rings (SSSR count). The monoisotopic (exact) mass is 291 g/mol. The van der Waals surface area contributed by atoms with Crippen molar-refractivity contribution < 1.29 is 9.18 Å². The minimum absolute atomic E-state index is 0.0150. The van der Waals surface area contributed by atoms with Gasteiger partial charge in [-0.2, -0.15) is 0 Å². The van der Waals surface area contributed by atoms with Gasteiger partial charge in [-0.3, -0.25) is 4.79 Å². The van der Waals surface area contributed by atoms with Crippen molar-refractivity contribution in [2.75, 3.05) is 37.6 Å². The summed E-state index contributed by atoms with van der Waals surface area (Å²) in [6.07, 6.45) is 3.22. The molecule has 1 N–H and O–H groups in total. The highest BCUT2D eigenvalue weighted by Crippen LogP contribution is 2.20. The number of carbonyl (C=O) groups is 1. The van der Waals surface area contributed by atoms with E-state index in [9.17, 15) is 9.18 Å². The topological polar surface area (TPSA) is 35.6 Å². The van der Waals surface area contributed by atoms with Gasteiger partial charge in [-0.15, -0.1) is 0 Å². The van der Waals surface area contributed by atoms with E-state index in [0.717, 1.165) is 25.8 Å². The summed E-state index contributed by atoms with van der Waals surface area (Å²) in [5.74, 6) is 0.0223. The number of halogens is 1. The zero-order valence-electron chi connectivity index (χ0n) is 12.2. The molecule has 2 heterocycles. The van der Waals surface area contributed by atoms with Crippen LogP contribution in [0.5, 0.6) is 0 Å². The number of rotatable bonds is 2. The normalized spacial score (nSPS) is 23.2. The van der Waals surface area contributed by atoms with Crippen molar-refractivity contribution in [2.45, 2.75) is 25.3 Å². The molecule has 5 heteroatoms. The number of hydrogen-bond acceptors (Lipinski definition) is 3. The van der Waals surface area contributed by atoms with Crippen LogP contribution in [-0.4, -0.2) is 49.6 Å². The van der Waals surface area contributed by atoms with E-state index < -0.39 is 0 Å². The van der Waals surface area contributed by atoms with E-state index in [-0.39, 0.29) is 17.8 Å². The SMILES string of the molecule is O=C([C@H]1CCCCN1)N1CCN(c2ccccc2F)CC1. The number of nitrogens with zero attached hydrogens (tertiary/aromatic N) is 2. The summed E-state index contributed by atoms with van der Waals surface area (Å²) in [6.45, 7) is 3.67. The van der Waals surface area contributed by atoms with Crippen molar-refractivity contribution in [1.82, 2.24) is 10.2 Å². The summed E-state index contributed by atoms with van der Waals surface area (Å²) in [5.41, 5.74) is 0.639. The predicted molar refractivity (Wildman–Crippen MR) is 80.8 cm³/mol. The fourth-order valence-electron chi connectivity index (χ4n) is 3.16. The Hall–Kier alpha value is -1.62. The Balaban J connectivity index is 1.57. The molecule has 1 atom stereocenters. The van der Waals surface area contributed by atoms with Gasteiger partial charge in [-0.05, 0) is 31.5 Å². The van der Waals surface area contributed by atoms with Gasteiger partial charge in [0.1, 0.15) is 5.82 Å². The third kappa shape index (κ3) is 3.18. The maximum Gasteiger partial charge on any atom is 0.239 e. The average molecular weight is 291 g/mol. The van der Waals surface area contributed by atoms with Crippen LogP contribution in [0.25, 0.3) is 0 Å². The standard InChI is InChI=1S/C16H22FN3O/c17-13-5-1-2-7-15(13)19-9-11-20(12-10-19)16(21)14-6-3-4-8-18-14/h1-2,5,7,14,18H,3-4,6,8-12H2/t14-/m1/s1. The lowest BCUT2D eigenvalue weighted by molar-refractivity contribution is -0.134. The van der Waals surface area contributed by atoms with Crippen LogP contribution in [0.2, 0.25) is 0 Å². The molecular weight excluding hydrogens is 269 g/mol. The minimum Gasteiger partial charge on any atom is -0.366 e. The summed E-state index contributed by atoms with van der Waals surface area (Å²) in [5, 5.41) is 3.30. The zero-order chi connectivity index (χ0) is 14.7. The first-order valence-electron chi connectivity index (χ1n) is 7.77. The summed E-state index contributed by atoms with van der Waals surface area (Å²) >= 11 is 0. The second-order valence-corrected chi connectivity index (χ2v) is 5.77. The predicted octanol–water partition coefficient (Wildman–Crippen LogP) is 1.62. The quantitative estimate of drug-likeness (QED) is 0.899. The molecular formula is C16H22FN3O. The molecule has 0 saturated carbocycles. The number of amides is 1. The molecule has 0 radical (unpaired) electrons. The van der Waals surface area contributed by atoms with Gasteiger partial charge >= 0.3 is 0 Å². The second-order valence-electron chi connectivity index (χ2n) is 5.77. The Morgan fingerprint density at radius 1 is 1.14 bits per heavy atom. The van der Waals surface area contributed by atoms with E-state index in [0.29, 0.717) is 31.9 Å². The molecule has 2 saturated heterocycles. The lowest BCUT2D eigenvalue weighted by Crippen LogP contribution is -2.55. The Kier molecular flexibility index (Phi) is 4.39. The smallest absolute Gasteiger partial charge is 0.239 e. The van der Waals surface area contributed by atoms with Crippen molar-refractivity contribution >= 4 is 11.6 Å². The van der Waals surface area contributed by atoms with E-state index in [1.165, 1.54) is 6.07 Å². The van der Waals surface area contributed by atoms with Gasteiger partial charge in [0.15, 0.2) is 0 Å². The van der Waals surface area contributed by atoms with Gasteiger partial charge in [0.2, 0.25) is 5.91 Å². The van der Waals surface area contributed by atoms with Crippen LogP contribution in [0.3, 0.4) is 0 Å². The van der Waals surface area contributed by atoms with E-state index in [1.807, 2.05) is 15.9 Å². The third-order valence-electron chi connectivity index (χ3n) is 4.39. The molecule has 0 unspecified atom stereocenters. The summed E-state index contributed by atoms with van der Waals surface area (Å²) < 4.78 is 13.8. The first-order valence-corrected chi connectivity index (χ1v) is 7.77. The number of hydrogen-bond donors (Lipinski definition) is 1. The van der Waals surface area contributed by atoms with Crippen molar-refractivity contribution in [2.24, 2.45) is 0 Å². The minimum atomic E-state index is -0.189. The molecule has 0 aromatic heterocycles. The van der Waals surface area contributed by atoms with Crippen LogP contribution in [-0.2, 0) is 4.79 Å². The lowest BCUT2D eigenvalue weighted by atomic mass is 10.0. The molecule has 21 heavy (non-hydrogen) atoms. The molecule has 1 aromatic rings. The Bertz CT molecular complexity index is 494. The van der Waals surface area contributed by atoms with Crippen molar-refractivity contribution in [3.8, 4) is 0 Å². The molecule has 2 aliphatic heterocycles. The van der Waals surface area contributed by atoms with Crippen molar-refractivity contribution in [3.05, 3.63) is 30.1 Å². The summed E-state index contributed by atoms with van der Waals surface area (Å²) in [6, 6.07) is 6.82. The third-order valence-corrected chi connectivity index (χ3v) is 4.39. The van der Waals surface area contributed by atoms with Gasteiger partial charge < -0.3 is 15.1 Å². The largest absolute Gasteiger partial charge is 0.366 e. The van der Waals surface area contributed by atoms with Crippen LogP contribution in [0.1, 0.15) is 19.3 Å². The Labute approximate surface area is 124 Å². The highest BCUT2D eigenvalue weighted by molar-refractivity contribution is 5.82. The number of benzene rings is 1. The van der Waals surface area contributed by atoms with Gasteiger partial charge in [0.25, 0.3) is 0 Å². The summed E-state index contributed by atoms with van der Waals surface area (Å²) in [7, 11) is 0. The molecule has 1 aromatic carbocycles. The maximum absolute atomic E-state index is 13.8. The van der Waals surface area contributed by atoms with Crippen LogP contribution in [0, 0.1) is 5.82 Å². The van der Waals surface area contributed by atoms with Crippen molar-refractivity contribution in [3.63, 3.8) is 0 Å². The number of piperidine rings is 1. The van der Waals surface area contributed by atoms with E-state index in [1.54, 1.807) is 12.1 Å². The molecule has 1 amide bonds. The van der Waals surface area contributed by atoms with E-state index in [2.05, 4.69) is 5.32 Å². The molecule has 0 spiro atoms.